The first-order valence-electron chi connectivity index (χ1n) is 8.27. The second kappa shape index (κ2) is 7.21. The summed E-state index contributed by atoms with van der Waals surface area (Å²) in [7, 11) is 1.59. The van der Waals surface area contributed by atoms with E-state index in [4.69, 9.17) is 16.3 Å². The highest BCUT2D eigenvalue weighted by Gasteiger charge is 2.13. The Morgan fingerprint density at radius 2 is 1.67 bits per heavy atom. The van der Waals surface area contributed by atoms with Crippen LogP contribution < -0.4 is 10.1 Å². The molecule has 0 aliphatic rings. The molecule has 0 saturated carbocycles. The molecule has 1 aromatic heterocycles. The average Bonchev–Trinajstić information content (AvgIpc) is 2.69. The van der Waals surface area contributed by atoms with Crippen molar-refractivity contribution in [3.05, 3.63) is 77.6 Å². The number of rotatable bonds is 4. The Labute approximate surface area is 160 Å². The Morgan fingerprint density at radius 1 is 0.926 bits per heavy atom. The fraction of sp³-hybridized carbons (Fsp3) is 0.0476. The Hall–Kier alpha value is -3.18. The van der Waals surface area contributed by atoms with Gasteiger partial charge < -0.3 is 10.1 Å². The fourth-order valence-electron chi connectivity index (χ4n) is 2.92. The largest absolute Gasteiger partial charge is 0.495 e. The van der Waals surface area contributed by atoms with Gasteiger partial charge in [0.15, 0.2) is 5.82 Å². The summed E-state index contributed by atoms with van der Waals surface area (Å²) in [5.41, 5.74) is 2.18. The zero-order chi connectivity index (χ0) is 18.8. The van der Waals surface area contributed by atoms with Crippen molar-refractivity contribution in [3.8, 4) is 17.0 Å². The van der Waals surface area contributed by atoms with Gasteiger partial charge in [0.1, 0.15) is 17.3 Å². The summed E-state index contributed by atoms with van der Waals surface area (Å²) in [6.07, 6.45) is 0. The maximum Gasteiger partial charge on any atom is 0.161 e. The molecule has 4 rings (SSSR count). The molecule has 0 aliphatic heterocycles. The molecule has 4 aromatic rings. The Bertz CT molecular complexity index is 1120. The van der Waals surface area contributed by atoms with E-state index in [1.54, 1.807) is 37.4 Å². The molecule has 0 unspecified atom stereocenters. The normalized spacial score (nSPS) is 10.8. The Morgan fingerprint density at radius 3 is 2.41 bits per heavy atom. The van der Waals surface area contributed by atoms with Crippen molar-refractivity contribution in [2.75, 3.05) is 12.4 Å². The van der Waals surface area contributed by atoms with Crippen LogP contribution in [-0.4, -0.2) is 17.3 Å². The van der Waals surface area contributed by atoms with Gasteiger partial charge in [-0.2, -0.15) is 0 Å². The molecule has 4 nitrogen and oxygen atoms in total. The first-order valence-corrected chi connectivity index (χ1v) is 8.65. The lowest BCUT2D eigenvalue weighted by molar-refractivity contribution is 0.417. The molecule has 0 amide bonds. The first kappa shape index (κ1) is 17.2. The second-order valence-corrected chi connectivity index (χ2v) is 6.36. The third-order valence-electron chi connectivity index (χ3n) is 4.22. The van der Waals surface area contributed by atoms with Gasteiger partial charge in [0.25, 0.3) is 0 Å². The lowest BCUT2D eigenvalue weighted by Gasteiger charge is -2.13. The summed E-state index contributed by atoms with van der Waals surface area (Å²) in [4.78, 5) is 0. The number of hydrogen-bond acceptors (Lipinski definition) is 4. The highest BCUT2D eigenvalue weighted by atomic mass is 35.5. The van der Waals surface area contributed by atoms with Crippen molar-refractivity contribution >= 4 is 33.9 Å². The molecule has 134 valence electrons. The molecule has 0 fully saturated rings. The quantitative estimate of drug-likeness (QED) is 0.483. The highest BCUT2D eigenvalue weighted by molar-refractivity contribution is 6.31. The molecule has 1 N–H and O–H groups in total. The molecule has 0 atom stereocenters. The van der Waals surface area contributed by atoms with Gasteiger partial charge in [-0.3, -0.25) is 0 Å². The highest BCUT2D eigenvalue weighted by Crippen LogP contribution is 2.34. The van der Waals surface area contributed by atoms with Crippen LogP contribution >= 0.6 is 11.6 Å². The minimum absolute atomic E-state index is 0.289. The third kappa shape index (κ3) is 3.41. The minimum atomic E-state index is -0.289. The Balaban J connectivity index is 1.83. The van der Waals surface area contributed by atoms with Crippen LogP contribution in [0, 0.1) is 5.82 Å². The van der Waals surface area contributed by atoms with E-state index in [0.717, 1.165) is 16.3 Å². The van der Waals surface area contributed by atoms with Crippen LogP contribution in [0.3, 0.4) is 0 Å². The van der Waals surface area contributed by atoms with Crippen LogP contribution in [0.4, 0.5) is 15.9 Å². The van der Waals surface area contributed by atoms with Gasteiger partial charge in [-0.05, 0) is 42.5 Å². The zero-order valence-corrected chi connectivity index (χ0v) is 15.2. The number of anilines is 2. The molecule has 3 aromatic carbocycles. The van der Waals surface area contributed by atoms with Gasteiger partial charge in [0.05, 0.1) is 12.8 Å². The molecular weight excluding hydrogens is 365 g/mol. The number of hydrogen-bond donors (Lipinski definition) is 1. The van der Waals surface area contributed by atoms with E-state index in [1.807, 2.05) is 24.3 Å². The topological polar surface area (TPSA) is 47.0 Å². The molecular formula is C21H15ClFN3O. The number of methoxy groups -OCH3 is 1. The molecule has 6 heteroatoms. The summed E-state index contributed by atoms with van der Waals surface area (Å²) in [6.45, 7) is 0. The van der Waals surface area contributed by atoms with Crippen molar-refractivity contribution in [1.29, 1.82) is 0 Å². The molecule has 27 heavy (non-hydrogen) atoms. The summed E-state index contributed by atoms with van der Waals surface area (Å²) in [6, 6.07) is 19.3. The summed E-state index contributed by atoms with van der Waals surface area (Å²) in [5, 5.41) is 14.3. The van der Waals surface area contributed by atoms with E-state index >= 15 is 0 Å². The first-order chi connectivity index (χ1) is 13.2. The third-order valence-corrected chi connectivity index (χ3v) is 4.45. The summed E-state index contributed by atoms with van der Waals surface area (Å²) in [5.74, 6) is 0.937. The lowest BCUT2D eigenvalue weighted by Crippen LogP contribution is -2.01. The van der Waals surface area contributed by atoms with Crippen LogP contribution in [0.25, 0.3) is 22.0 Å². The lowest BCUT2D eigenvalue weighted by atomic mass is 10.0. The zero-order valence-electron chi connectivity index (χ0n) is 14.4. The molecule has 1 heterocycles. The standard InChI is InChI=1S/C21H15ClFN3O/c1-27-19-11-8-14(22)12-18(19)24-21-17-5-3-2-4-16(17)20(25-26-21)13-6-9-15(23)10-7-13/h2-12H,1H3,(H,24,26). The number of ether oxygens (including phenoxy) is 1. The monoisotopic (exact) mass is 379 g/mol. The van der Waals surface area contributed by atoms with Gasteiger partial charge >= 0.3 is 0 Å². The second-order valence-electron chi connectivity index (χ2n) is 5.92. The van der Waals surface area contributed by atoms with Gasteiger partial charge in [0.2, 0.25) is 0 Å². The van der Waals surface area contributed by atoms with Crippen LogP contribution in [0.2, 0.25) is 5.02 Å². The Kier molecular flexibility index (Phi) is 4.60. The molecule has 0 saturated heterocycles. The SMILES string of the molecule is COc1ccc(Cl)cc1Nc1nnc(-c2ccc(F)cc2)c2ccccc12. The fourth-order valence-corrected chi connectivity index (χ4v) is 3.09. The number of halogens is 2. The summed E-state index contributed by atoms with van der Waals surface area (Å²) >= 11 is 6.11. The predicted octanol–water partition coefficient (Wildman–Crippen LogP) is 5.84. The number of benzene rings is 3. The molecule has 0 bridgehead atoms. The maximum atomic E-state index is 13.3. The van der Waals surface area contributed by atoms with E-state index in [9.17, 15) is 4.39 Å². The van der Waals surface area contributed by atoms with Crippen molar-refractivity contribution in [2.24, 2.45) is 0 Å². The van der Waals surface area contributed by atoms with Gasteiger partial charge in [-0.25, -0.2) is 4.39 Å². The molecule has 0 spiro atoms. The van der Waals surface area contributed by atoms with E-state index in [-0.39, 0.29) is 5.82 Å². The number of nitrogens with one attached hydrogen (secondary N) is 1. The summed E-state index contributed by atoms with van der Waals surface area (Å²) < 4.78 is 18.6. The van der Waals surface area contributed by atoms with Crippen LogP contribution in [0.1, 0.15) is 0 Å². The average molecular weight is 380 g/mol. The van der Waals surface area contributed by atoms with Crippen LogP contribution in [0.15, 0.2) is 66.7 Å². The van der Waals surface area contributed by atoms with Crippen LogP contribution in [-0.2, 0) is 0 Å². The van der Waals surface area contributed by atoms with Crippen molar-refractivity contribution in [3.63, 3.8) is 0 Å². The van der Waals surface area contributed by atoms with E-state index in [1.165, 1.54) is 12.1 Å². The van der Waals surface area contributed by atoms with Gasteiger partial charge in [-0.1, -0.05) is 35.9 Å². The van der Waals surface area contributed by atoms with Crippen molar-refractivity contribution in [2.45, 2.75) is 0 Å². The predicted molar refractivity (Wildman–Crippen MR) is 106 cm³/mol. The van der Waals surface area contributed by atoms with Crippen molar-refractivity contribution < 1.29 is 9.13 Å². The van der Waals surface area contributed by atoms with Gasteiger partial charge in [-0.15, -0.1) is 10.2 Å². The molecule has 0 aliphatic carbocycles. The number of nitrogens with zero attached hydrogens (tertiary/aromatic N) is 2. The molecule has 0 radical (unpaired) electrons. The van der Waals surface area contributed by atoms with E-state index in [2.05, 4.69) is 15.5 Å². The van der Waals surface area contributed by atoms with Crippen molar-refractivity contribution in [1.82, 2.24) is 10.2 Å². The van der Waals surface area contributed by atoms with E-state index < -0.39 is 0 Å². The minimum Gasteiger partial charge on any atom is -0.495 e. The van der Waals surface area contributed by atoms with E-state index in [0.29, 0.717) is 28.0 Å². The smallest absolute Gasteiger partial charge is 0.161 e. The van der Waals surface area contributed by atoms with Crippen LogP contribution in [0.5, 0.6) is 5.75 Å². The van der Waals surface area contributed by atoms with Gasteiger partial charge in [0, 0.05) is 21.4 Å². The maximum absolute atomic E-state index is 13.3. The number of aromatic nitrogens is 2. The number of fused-ring (bicyclic) bond motifs is 1.